The van der Waals surface area contributed by atoms with Gasteiger partial charge in [0.1, 0.15) is 6.33 Å². The van der Waals surface area contributed by atoms with E-state index in [0.717, 1.165) is 34.5 Å². The van der Waals surface area contributed by atoms with Crippen molar-refractivity contribution < 1.29 is 4.21 Å². The van der Waals surface area contributed by atoms with Crippen LogP contribution in [0, 0.1) is 19.3 Å². The van der Waals surface area contributed by atoms with E-state index in [4.69, 9.17) is 5.41 Å². The highest BCUT2D eigenvalue weighted by Gasteiger charge is 2.11. The van der Waals surface area contributed by atoms with Crippen molar-refractivity contribution in [2.75, 3.05) is 0 Å². The van der Waals surface area contributed by atoms with Crippen molar-refractivity contribution in [3.63, 3.8) is 0 Å². The molecule has 1 N–H and O–H groups in total. The van der Waals surface area contributed by atoms with Crippen LogP contribution in [0.25, 0.3) is 5.78 Å². The van der Waals surface area contributed by atoms with Crippen molar-refractivity contribution in [1.29, 1.82) is 5.41 Å². The number of rotatable bonds is 4. The zero-order chi connectivity index (χ0) is 15.7. The summed E-state index contributed by atoms with van der Waals surface area (Å²) in [6.45, 7) is 3.97. The smallest absolute Gasteiger partial charge is 0.252 e. The van der Waals surface area contributed by atoms with Crippen LogP contribution in [0.5, 0.6) is 0 Å². The second-order valence-electron chi connectivity index (χ2n) is 4.97. The fourth-order valence-corrected chi connectivity index (χ4v) is 2.97. The second-order valence-corrected chi connectivity index (χ2v) is 6.27. The summed E-state index contributed by atoms with van der Waals surface area (Å²) in [5.74, 6) is 0.607. The molecule has 0 bridgehead atoms. The lowest BCUT2D eigenvalue weighted by Crippen LogP contribution is -2.06. The molecule has 2 heterocycles. The van der Waals surface area contributed by atoms with Gasteiger partial charge in [-0.25, -0.2) is 13.7 Å². The van der Waals surface area contributed by atoms with E-state index in [-0.39, 0.29) is 0 Å². The van der Waals surface area contributed by atoms with E-state index < -0.39 is 10.8 Å². The van der Waals surface area contributed by atoms with Gasteiger partial charge < -0.3 is 0 Å². The minimum absolute atomic E-state index is 0.607. The first-order valence-electron chi connectivity index (χ1n) is 6.76. The highest BCUT2D eigenvalue weighted by Crippen LogP contribution is 2.18. The standard InChI is InChI=1S/C15H15N5OS/c1-10-14(11(2)20-15(19-10)17-9-18-20)7-12-3-5-13(6-4-12)22(21)8-16/h3-6,8-9,16H,7H2,1-2H3. The van der Waals surface area contributed by atoms with Crippen LogP contribution >= 0.6 is 0 Å². The summed E-state index contributed by atoms with van der Waals surface area (Å²) < 4.78 is 13.3. The molecule has 0 fully saturated rings. The minimum Gasteiger partial charge on any atom is -0.299 e. The molecular weight excluding hydrogens is 298 g/mol. The molecule has 1 aromatic carbocycles. The Balaban J connectivity index is 1.96. The Hall–Kier alpha value is -2.41. The van der Waals surface area contributed by atoms with E-state index in [1.165, 1.54) is 6.33 Å². The Morgan fingerprint density at radius 3 is 2.68 bits per heavy atom. The van der Waals surface area contributed by atoms with Crippen molar-refractivity contribution in [1.82, 2.24) is 19.6 Å². The maximum Gasteiger partial charge on any atom is 0.252 e. The van der Waals surface area contributed by atoms with Gasteiger partial charge in [-0.3, -0.25) is 5.41 Å². The summed E-state index contributed by atoms with van der Waals surface area (Å²) in [5, 5.41) is 11.2. The first-order valence-corrected chi connectivity index (χ1v) is 7.97. The van der Waals surface area contributed by atoms with Gasteiger partial charge >= 0.3 is 0 Å². The van der Waals surface area contributed by atoms with Crippen LogP contribution < -0.4 is 0 Å². The highest BCUT2D eigenvalue weighted by atomic mass is 32.2. The zero-order valence-electron chi connectivity index (χ0n) is 12.3. The normalized spacial score (nSPS) is 12.5. The molecule has 3 rings (SSSR count). The molecule has 0 saturated carbocycles. The monoisotopic (exact) mass is 313 g/mol. The predicted molar refractivity (Wildman–Crippen MR) is 84.7 cm³/mol. The molecule has 0 radical (unpaired) electrons. The molecule has 0 aliphatic rings. The van der Waals surface area contributed by atoms with Crippen molar-refractivity contribution in [3.05, 3.63) is 53.1 Å². The number of aromatic nitrogens is 4. The van der Waals surface area contributed by atoms with Crippen molar-refractivity contribution in [2.24, 2.45) is 0 Å². The number of nitrogens with zero attached hydrogens (tertiary/aromatic N) is 4. The quantitative estimate of drug-likeness (QED) is 0.590. The molecule has 0 aliphatic heterocycles. The van der Waals surface area contributed by atoms with E-state index in [0.29, 0.717) is 10.7 Å². The first-order chi connectivity index (χ1) is 10.6. The van der Waals surface area contributed by atoms with E-state index in [1.54, 1.807) is 16.6 Å². The number of hydrogen-bond acceptors (Lipinski definition) is 5. The Labute approximate surface area is 130 Å². The summed E-state index contributed by atoms with van der Waals surface area (Å²) >= 11 is 0. The molecule has 1 unspecified atom stereocenters. The average molecular weight is 313 g/mol. The van der Waals surface area contributed by atoms with Crippen molar-refractivity contribution >= 4 is 22.1 Å². The van der Waals surface area contributed by atoms with E-state index >= 15 is 0 Å². The van der Waals surface area contributed by atoms with E-state index in [9.17, 15) is 4.21 Å². The number of hydrogen-bond donors (Lipinski definition) is 1. The first kappa shape index (κ1) is 14.5. The molecule has 0 amide bonds. The molecule has 1 atom stereocenters. The maximum atomic E-state index is 11.5. The minimum atomic E-state index is -1.36. The lowest BCUT2D eigenvalue weighted by Gasteiger charge is -2.10. The SMILES string of the molecule is Cc1nc2ncnn2c(C)c1Cc1ccc(S(=O)C=N)cc1. The molecule has 6 nitrogen and oxygen atoms in total. The van der Waals surface area contributed by atoms with Gasteiger partial charge in [-0.15, -0.1) is 0 Å². The van der Waals surface area contributed by atoms with Gasteiger partial charge in [0.05, 0.1) is 16.3 Å². The average Bonchev–Trinajstić information content (AvgIpc) is 2.99. The number of fused-ring (bicyclic) bond motifs is 1. The fourth-order valence-electron chi connectivity index (χ4n) is 2.42. The fraction of sp³-hybridized carbons (Fsp3) is 0.200. The Morgan fingerprint density at radius 1 is 1.27 bits per heavy atom. The van der Waals surface area contributed by atoms with Crippen LogP contribution in [0.15, 0.2) is 35.5 Å². The van der Waals surface area contributed by atoms with Crippen LogP contribution in [0.4, 0.5) is 0 Å². The third kappa shape index (κ3) is 2.55. The van der Waals surface area contributed by atoms with Crippen LogP contribution in [0.3, 0.4) is 0 Å². The molecular formula is C15H15N5OS. The molecule has 3 aromatic rings. The Bertz CT molecular complexity index is 870. The van der Waals surface area contributed by atoms with Crippen LogP contribution in [-0.4, -0.2) is 29.3 Å². The Kier molecular flexibility index (Phi) is 3.81. The van der Waals surface area contributed by atoms with E-state index in [2.05, 4.69) is 15.1 Å². The molecule has 7 heteroatoms. The lowest BCUT2D eigenvalue weighted by molar-refractivity contribution is 0.690. The summed E-state index contributed by atoms with van der Waals surface area (Å²) in [5.41, 5.74) is 5.10. The third-order valence-electron chi connectivity index (χ3n) is 3.63. The molecule has 2 aromatic heterocycles. The molecule has 0 spiro atoms. The summed E-state index contributed by atoms with van der Waals surface area (Å²) in [4.78, 5) is 9.21. The predicted octanol–water partition coefficient (Wildman–Crippen LogP) is 2.05. The molecule has 112 valence electrons. The number of nitrogens with one attached hydrogen (secondary N) is 1. The van der Waals surface area contributed by atoms with Gasteiger partial charge in [0.15, 0.2) is 0 Å². The molecule has 22 heavy (non-hydrogen) atoms. The van der Waals surface area contributed by atoms with Gasteiger partial charge in [0.25, 0.3) is 5.78 Å². The van der Waals surface area contributed by atoms with Gasteiger partial charge in [-0.05, 0) is 37.1 Å². The van der Waals surface area contributed by atoms with Gasteiger partial charge in [-0.1, -0.05) is 12.1 Å². The summed E-state index contributed by atoms with van der Waals surface area (Å²) in [7, 11) is -1.36. The van der Waals surface area contributed by atoms with Crippen molar-refractivity contribution in [2.45, 2.75) is 25.2 Å². The van der Waals surface area contributed by atoms with Crippen LogP contribution in [-0.2, 0) is 17.2 Å². The number of benzene rings is 1. The largest absolute Gasteiger partial charge is 0.299 e. The summed E-state index contributed by atoms with van der Waals surface area (Å²) in [6.07, 6.45) is 2.22. The van der Waals surface area contributed by atoms with Gasteiger partial charge in [0, 0.05) is 22.7 Å². The maximum absolute atomic E-state index is 11.5. The van der Waals surface area contributed by atoms with Crippen molar-refractivity contribution in [3.8, 4) is 0 Å². The van der Waals surface area contributed by atoms with Gasteiger partial charge in [0.2, 0.25) is 0 Å². The zero-order valence-corrected chi connectivity index (χ0v) is 13.1. The topological polar surface area (TPSA) is 84.0 Å². The van der Waals surface area contributed by atoms with E-state index in [1.807, 2.05) is 26.0 Å². The van der Waals surface area contributed by atoms with Crippen LogP contribution in [0.2, 0.25) is 0 Å². The van der Waals surface area contributed by atoms with Gasteiger partial charge in [-0.2, -0.15) is 10.1 Å². The van der Waals surface area contributed by atoms with Crippen LogP contribution in [0.1, 0.15) is 22.5 Å². The lowest BCUT2D eigenvalue weighted by atomic mass is 10.0. The third-order valence-corrected chi connectivity index (χ3v) is 4.58. The number of aryl methyl sites for hydroxylation is 2. The highest BCUT2D eigenvalue weighted by molar-refractivity contribution is 7.98. The summed E-state index contributed by atoms with van der Waals surface area (Å²) in [6, 6.07) is 7.45. The Morgan fingerprint density at radius 2 is 2.00 bits per heavy atom. The molecule has 0 saturated heterocycles. The second kappa shape index (κ2) is 5.76. The molecule has 0 aliphatic carbocycles.